The zero-order valence-corrected chi connectivity index (χ0v) is 20.1. The highest BCUT2D eigenvalue weighted by atomic mass is 32.2. The molecule has 1 amide bonds. The van der Waals surface area contributed by atoms with E-state index in [1.165, 1.54) is 6.92 Å². The molecule has 1 aromatic carbocycles. The second-order valence-corrected chi connectivity index (χ2v) is 11.5. The van der Waals surface area contributed by atoms with Crippen LogP contribution in [-0.2, 0) is 14.8 Å². The van der Waals surface area contributed by atoms with Crippen LogP contribution in [0.25, 0.3) is 17.2 Å². The van der Waals surface area contributed by atoms with Crippen molar-refractivity contribution >= 4 is 22.0 Å². The van der Waals surface area contributed by atoms with Crippen molar-refractivity contribution in [2.45, 2.75) is 43.4 Å². The number of carbonyl (C=O) groups is 1. The Hall–Kier alpha value is -3.16. The minimum absolute atomic E-state index is 0.492. The molecule has 1 unspecified atom stereocenters. The van der Waals surface area contributed by atoms with Crippen molar-refractivity contribution in [2.24, 2.45) is 23.5 Å². The van der Waals surface area contributed by atoms with Gasteiger partial charge >= 0.3 is 0 Å². The maximum absolute atomic E-state index is 15.2. The Morgan fingerprint density at radius 3 is 2.63 bits per heavy atom. The fourth-order valence-electron chi connectivity index (χ4n) is 5.68. The van der Waals surface area contributed by atoms with E-state index in [-0.39, 0.29) is 0 Å². The number of hydrogen-bond acceptors (Lipinski definition) is 5. The Morgan fingerprint density at radius 1 is 1.29 bits per heavy atom. The Bertz CT molecular complexity index is 1320. The van der Waals surface area contributed by atoms with Gasteiger partial charge in [0.15, 0.2) is 0 Å². The first-order valence-electron chi connectivity index (χ1n) is 11.2. The zero-order chi connectivity index (χ0) is 25.6. The molecule has 35 heavy (non-hydrogen) atoms. The fraction of sp³-hybridized carbons (Fsp3) is 0.400. The van der Waals surface area contributed by atoms with Gasteiger partial charge in [-0.15, -0.1) is 0 Å². The minimum Gasteiger partial charge on any atom is -0.370 e. The van der Waals surface area contributed by atoms with Crippen molar-refractivity contribution < 1.29 is 22.0 Å². The van der Waals surface area contributed by atoms with Crippen molar-refractivity contribution in [3.8, 4) is 17.2 Å². The monoisotopic (exact) mass is 500 g/mol. The van der Waals surface area contributed by atoms with Crippen molar-refractivity contribution in [3.63, 3.8) is 0 Å². The zero-order valence-electron chi connectivity index (χ0n) is 19.3. The Labute approximate surface area is 203 Å². The number of allylic oxidation sites excluding steroid dienone is 1. The summed E-state index contributed by atoms with van der Waals surface area (Å²) < 4.78 is 56.8. The number of fused-ring (bicyclic) bond motifs is 1. The summed E-state index contributed by atoms with van der Waals surface area (Å²) in [6.45, 7) is 3.03. The van der Waals surface area contributed by atoms with Gasteiger partial charge in [-0.1, -0.05) is 37.3 Å². The van der Waals surface area contributed by atoms with Crippen LogP contribution in [-0.4, -0.2) is 36.0 Å². The number of aromatic nitrogens is 1. The van der Waals surface area contributed by atoms with Crippen LogP contribution in [0.2, 0.25) is 0 Å². The topological polar surface area (TPSA) is 126 Å². The molecule has 3 N–H and O–H groups in total. The maximum atomic E-state index is 15.2. The van der Waals surface area contributed by atoms with Crippen LogP contribution in [0, 0.1) is 29.1 Å². The van der Waals surface area contributed by atoms with Gasteiger partial charge in [0.05, 0.1) is 17.3 Å². The molecule has 1 saturated carbocycles. The summed E-state index contributed by atoms with van der Waals surface area (Å²) in [4.78, 5) is 16.2. The van der Waals surface area contributed by atoms with E-state index >= 15 is 8.78 Å². The second kappa shape index (κ2) is 8.81. The number of hydrogen-bond donors (Lipinski definition) is 2. The molecule has 1 aromatic heterocycles. The molecule has 5 atom stereocenters. The molecule has 1 saturated heterocycles. The molecule has 2 aromatic rings. The minimum atomic E-state index is -4.21. The van der Waals surface area contributed by atoms with Gasteiger partial charge in [-0.2, -0.15) is 5.26 Å². The lowest BCUT2D eigenvalue weighted by molar-refractivity contribution is -0.133. The number of amides is 1. The number of alkyl halides is 2. The SMILES string of the molecule is C[C@H]1NS(=O)(=O)C2(CC(N)=O)CC(F)(F)[C@@H](C)[C@H](/C=C/c3ccc(-c4ccccc4C#N)cn3)[C@H]12. The highest BCUT2D eigenvalue weighted by Crippen LogP contribution is 2.58. The van der Waals surface area contributed by atoms with Crippen molar-refractivity contribution in [1.82, 2.24) is 9.71 Å². The summed E-state index contributed by atoms with van der Waals surface area (Å²) in [5.41, 5.74) is 7.79. The number of sulfonamides is 1. The lowest BCUT2D eigenvalue weighted by atomic mass is 9.61. The van der Waals surface area contributed by atoms with Gasteiger partial charge in [0.2, 0.25) is 15.9 Å². The van der Waals surface area contributed by atoms with E-state index in [2.05, 4.69) is 15.8 Å². The van der Waals surface area contributed by atoms with Gasteiger partial charge in [-0.25, -0.2) is 21.9 Å². The summed E-state index contributed by atoms with van der Waals surface area (Å²) >= 11 is 0. The van der Waals surface area contributed by atoms with Crippen LogP contribution in [0.15, 0.2) is 48.7 Å². The van der Waals surface area contributed by atoms with E-state index < -0.39 is 63.2 Å². The first-order valence-corrected chi connectivity index (χ1v) is 12.7. The van der Waals surface area contributed by atoms with E-state index in [0.717, 1.165) is 11.1 Å². The van der Waals surface area contributed by atoms with Crippen LogP contribution in [0.1, 0.15) is 37.9 Å². The van der Waals surface area contributed by atoms with Crippen molar-refractivity contribution in [1.29, 1.82) is 5.26 Å². The first-order chi connectivity index (χ1) is 16.4. The average molecular weight is 501 g/mol. The van der Waals surface area contributed by atoms with Gasteiger partial charge in [-0.05, 0) is 31.1 Å². The van der Waals surface area contributed by atoms with Crippen LogP contribution >= 0.6 is 0 Å². The molecule has 2 heterocycles. The highest BCUT2D eigenvalue weighted by molar-refractivity contribution is 7.91. The van der Waals surface area contributed by atoms with Crippen LogP contribution in [0.3, 0.4) is 0 Å². The quantitative estimate of drug-likeness (QED) is 0.650. The Morgan fingerprint density at radius 2 is 2.00 bits per heavy atom. The number of nitrogens with one attached hydrogen (secondary N) is 1. The number of primary amides is 1. The third kappa shape index (κ3) is 4.23. The molecule has 7 nitrogen and oxygen atoms in total. The van der Waals surface area contributed by atoms with E-state index in [1.807, 2.05) is 12.1 Å². The lowest BCUT2D eigenvalue weighted by Crippen LogP contribution is -2.58. The lowest BCUT2D eigenvalue weighted by Gasteiger charge is -2.48. The highest BCUT2D eigenvalue weighted by Gasteiger charge is 2.69. The number of rotatable bonds is 5. The van der Waals surface area contributed by atoms with Gasteiger partial charge < -0.3 is 5.73 Å². The third-order valence-corrected chi connectivity index (χ3v) is 9.64. The number of carbonyl (C=O) groups excluding carboxylic acids is 1. The molecular formula is C25H26F2N4O3S. The summed E-state index contributed by atoms with van der Waals surface area (Å²) in [5.74, 6) is -7.04. The molecule has 4 rings (SSSR count). The van der Waals surface area contributed by atoms with Crippen LogP contribution in [0.4, 0.5) is 8.78 Å². The van der Waals surface area contributed by atoms with Crippen molar-refractivity contribution in [3.05, 3.63) is 59.9 Å². The maximum Gasteiger partial charge on any atom is 0.252 e. The Kier molecular flexibility index (Phi) is 6.28. The number of pyridine rings is 1. The van der Waals surface area contributed by atoms with E-state index in [9.17, 15) is 18.5 Å². The van der Waals surface area contributed by atoms with Crippen molar-refractivity contribution in [2.75, 3.05) is 0 Å². The summed E-state index contributed by atoms with van der Waals surface area (Å²) in [7, 11) is -4.21. The molecule has 0 bridgehead atoms. The van der Waals surface area contributed by atoms with Gasteiger partial charge in [0, 0.05) is 48.0 Å². The number of nitrogens with two attached hydrogens (primary N) is 1. The van der Waals surface area contributed by atoms with E-state index in [4.69, 9.17) is 5.73 Å². The molecule has 0 spiro atoms. The van der Waals surface area contributed by atoms with Crippen LogP contribution < -0.4 is 10.5 Å². The standard InChI is InChI=1S/C25H26F2N4O3S/c1-15-20(10-9-19-8-7-18(13-30-19)21-6-4-3-5-17(21)12-28)23-16(2)31-35(33,34)24(23,11-22(29)32)14-25(15,26)27/h3-10,13,15-16,20,23,31H,11,14H2,1-2H3,(H2,29,32)/b10-9+/t15-,16+,20-,23-,24?/m0/s1. The second-order valence-electron chi connectivity index (χ2n) is 9.44. The molecule has 1 aliphatic heterocycles. The molecule has 10 heteroatoms. The van der Waals surface area contributed by atoms with Crippen LogP contribution in [0.5, 0.6) is 0 Å². The smallest absolute Gasteiger partial charge is 0.252 e. The summed E-state index contributed by atoms with van der Waals surface area (Å²) in [5, 5.41) is 9.32. The number of nitrogens with zero attached hydrogens (tertiary/aromatic N) is 2. The molecular weight excluding hydrogens is 474 g/mol. The molecule has 2 fully saturated rings. The first kappa shape index (κ1) is 24.9. The predicted molar refractivity (Wildman–Crippen MR) is 127 cm³/mol. The Balaban J connectivity index is 1.70. The molecule has 0 radical (unpaired) electrons. The largest absolute Gasteiger partial charge is 0.370 e. The summed E-state index contributed by atoms with van der Waals surface area (Å²) in [6.07, 6.45) is 3.13. The normalized spacial score (nSPS) is 31.1. The van der Waals surface area contributed by atoms with E-state index in [1.54, 1.807) is 49.5 Å². The van der Waals surface area contributed by atoms with E-state index in [0.29, 0.717) is 11.3 Å². The molecule has 184 valence electrons. The van der Waals surface area contributed by atoms with Gasteiger partial charge in [0.1, 0.15) is 4.75 Å². The van der Waals surface area contributed by atoms with Gasteiger partial charge in [0.25, 0.3) is 5.92 Å². The summed E-state index contributed by atoms with van der Waals surface area (Å²) in [6, 6.07) is 12.1. The number of nitriles is 1. The molecule has 2 aliphatic rings. The number of benzene rings is 1. The molecule has 1 aliphatic carbocycles. The fourth-order valence-corrected chi connectivity index (χ4v) is 7.99. The average Bonchev–Trinajstić information content (AvgIpc) is 2.97. The third-order valence-electron chi connectivity index (χ3n) is 7.32. The van der Waals surface area contributed by atoms with Gasteiger partial charge in [-0.3, -0.25) is 9.78 Å². The number of halogens is 2. The predicted octanol–water partition coefficient (Wildman–Crippen LogP) is 3.48.